The molecule has 0 N–H and O–H groups in total. The minimum absolute atomic E-state index is 0.0629. The van der Waals surface area contributed by atoms with E-state index in [0.717, 1.165) is 5.56 Å². The van der Waals surface area contributed by atoms with Crippen molar-refractivity contribution < 1.29 is 18.8 Å². The van der Waals surface area contributed by atoms with E-state index in [2.05, 4.69) is 0 Å². The van der Waals surface area contributed by atoms with E-state index in [-0.39, 0.29) is 36.5 Å². The van der Waals surface area contributed by atoms with Gasteiger partial charge in [-0.3, -0.25) is 4.79 Å². The first-order chi connectivity index (χ1) is 11.2. The predicted molar refractivity (Wildman–Crippen MR) is 95.5 cm³/mol. The Morgan fingerprint density at radius 2 is 1.75 bits per heavy atom. The van der Waals surface area contributed by atoms with Gasteiger partial charge in [0.05, 0.1) is 17.6 Å². The molecule has 130 valence electrons. The van der Waals surface area contributed by atoms with E-state index in [1.54, 1.807) is 0 Å². The second-order valence-corrected chi connectivity index (χ2v) is 7.26. The molecule has 1 atom stereocenters. The Bertz CT molecular complexity index is 564. The van der Waals surface area contributed by atoms with Crippen LogP contribution < -0.4 is 0 Å². The van der Waals surface area contributed by atoms with Crippen molar-refractivity contribution in [2.75, 3.05) is 0 Å². The zero-order chi connectivity index (χ0) is 17.8. The molecule has 2 rings (SSSR count). The van der Waals surface area contributed by atoms with Crippen molar-refractivity contribution in [2.45, 2.75) is 64.7 Å². The van der Waals surface area contributed by atoms with Gasteiger partial charge in [-0.15, -0.1) is 0 Å². The van der Waals surface area contributed by atoms with E-state index < -0.39 is 0 Å². The predicted octanol–water partition coefficient (Wildman–Crippen LogP) is 4.16. The molecule has 0 aromatic heterocycles. The lowest BCUT2D eigenvalue weighted by molar-refractivity contribution is -0.143. The fourth-order valence-corrected chi connectivity index (χ4v) is 2.37. The molecule has 0 aliphatic carbocycles. The average Bonchev–Trinajstić information content (AvgIpc) is 2.74. The van der Waals surface area contributed by atoms with Gasteiger partial charge in [-0.05, 0) is 33.3 Å². The van der Waals surface area contributed by atoms with Gasteiger partial charge < -0.3 is 14.0 Å². The quantitative estimate of drug-likeness (QED) is 0.446. The summed E-state index contributed by atoms with van der Waals surface area (Å²) in [5, 5.41) is 0. The minimum Gasteiger partial charge on any atom is -0.461 e. The fraction of sp³-hybridized carbons (Fsp3) is 0.526. The van der Waals surface area contributed by atoms with Crippen LogP contribution in [0.25, 0.3) is 0 Å². The number of carbonyl (C=O) groups excluding carboxylic acids is 1. The first-order valence-electron chi connectivity index (χ1n) is 8.43. The normalized spacial score (nSPS) is 20.3. The largest absolute Gasteiger partial charge is 0.464 e. The molecule has 1 aromatic carbocycles. The summed E-state index contributed by atoms with van der Waals surface area (Å²) in [5.41, 5.74) is 0.309. The van der Waals surface area contributed by atoms with Crippen molar-refractivity contribution in [2.24, 2.45) is 0 Å². The van der Waals surface area contributed by atoms with E-state index in [9.17, 15) is 4.79 Å². The standard InChI is InChI=1S/C19H27BO4/c1-15(20-23-18(2,3)19(4,5)24-20)10-9-13-17(21)22-14-16-11-7-6-8-12-16/h6-12,15H,13-14H2,1-5H3/b10-9+/t15-/m1/s1. The summed E-state index contributed by atoms with van der Waals surface area (Å²) in [7, 11) is -0.299. The summed E-state index contributed by atoms with van der Waals surface area (Å²) < 4.78 is 17.2. The summed E-state index contributed by atoms with van der Waals surface area (Å²) in [6.45, 7) is 10.5. The van der Waals surface area contributed by atoms with Gasteiger partial charge in [-0.1, -0.05) is 49.4 Å². The Kier molecular flexibility index (Phi) is 5.89. The Labute approximate surface area is 145 Å². The van der Waals surface area contributed by atoms with Crippen LogP contribution in [0.4, 0.5) is 0 Å². The van der Waals surface area contributed by atoms with Crippen molar-refractivity contribution in [3.63, 3.8) is 0 Å². The van der Waals surface area contributed by atoms with Gasteiger partial charge in [-0.2, -0.15) is 0 Å². The molecule has 1 aromatic rings. The average molecular weight is 330 g/mol. The number of rotatable bonds is 6. The molecular weight excluding hydrogens is 303 g/mol. The van der Waals surface area contributed by atoms with E-state index in [0.29, 0.717) is 6.61 Å². The summed E-state index contributed by atoms with van der Waals surface area (Å²) >= 11 is 0. The molecule has 0 radical (unpaired) electrons. The lowest BCUT2D eigenvalue weighted by atomic mass is 9.73. The number of hydrogen-bond acceptors (Lipinski definition) is 4. The molecule has 0 unspecified atom stereocenters. The van der Waals surface area contributed by atoms with Crippen molar-refractivity contribution in [3.8, 4) is 0 Å². The number of ether oxygens (including phenoxy) is 1. The summed E-state index contributed by atoms with van der Waals surface area (Å²) in [6.07, 6.45) is 4.02. The number of allylic oxidation sites excluding steroid dienone is 1. The number of benzene rings is 1. The smallest absolute Gasteiger partial charge is 0.461 e. The molecule has 0 amide bonds. The van der Waals surface area contributed by atoms with Crippen LogP contribution in [0.2, 0.25) is 5.82 Å². The molecule has 4 nitrogen and oxygen atoms in total. The number of carbonyl (C=O) groups is 1. The van der Waals surface area contributed by atoms with E-state index in [1.807, 2.05) is 77.1 Å². The van der Waals surface area contributed by atoms with Gasteiger partial charge in [0.2, 0.25) is 0 Å². The highest BCUT2D eigenvalue weighted by Crippen LogP contribution is 2.40. The lowest BCUT2D eigenvalue weighted by Gasteiger charge is -2.32. The van der Waals surface area contributed by atoms with Crippen LogP contribution in [-0.4, -0.2) is 24.3 Å². The molecule has 0 bridgehead atoms. The van der Waals surface area contributed by atoms with Crippen LogP contribution >= 0.6 is 0 Å². The van der Waals surface area contributed by atoms with Crippen molar-refractivity contribution in [1.29, 1.82) is 0 Å². The van der Waals surface area contributed by atoms with Gasteiger partial charge in [-0.25, -0.2) is 0 Å². The number of esters is 1. The first kappa shape index (κ1) is 18.7. The summed E-state index contributed by atoms with van der Waals surface area (Å²) in [5.74, 6) is -0.177. The summed E-state index contributed by atoms with van der Waals surface area (Å²) in [6, 6.07) is 9.66. The Hall–Kier alpha value is -1.59. The second-order valence-electron chi connectivity index (χ2n) is 7.26. The molecule has 1 aliphatic heterocycles. The highest BCUT2D eigenvalue weighted by molar-refractivity contribution is 6.48. The van der Waals surface area contributed by atoms with Crippen LogP contribution in [0.15, 0.2) is 42.5 Å². The van der Waals surface area contributed by atoms with Gasteiger partial charge in [0, 0.05) is 5.82 Å². The fourth-order valence-electron chi connectivity index (χ4n) is 2.37. The molecule has 1 saturated heterocycles. The highest BCUT2D eigenvalue weighted by Gasteiger charge is 2.52. The molecule has 1 heterocycles. The molecule has 5 heteroatoms. The lowest BCUT2D eigenvalue weighted by Crippen LogP contribution is -2.41. The first-order valence-corrected chi connectivity index (χ1v) is 8.43. The Morgan fingerprint density at radius 3 is 2.33 bits per heavy atom. The van der Waals surface area contributed by atoms with Crippen LogP contribution in [0.5, 0.6) is 0 Å². The molecule has 24 heavy (non-hydrogen) atoms. The maximum atomic E-state index is 11.8. The topological polar surface area (TPSA) is 44.8 Å². The van der Waals surface area contributed by atoms with Crippen LogP contribution in [0, 0.1) is 0 Å². The van der Waals surface area contributed by atoms with Crippen molar-refractivity contribution in [3.05, 3.63) is 48.0 Å². The third kappa shape index (κ3) is 4.71. The molecule has 0 spiro atoms. The zero-order valence-corrected chi connectivity index (χ0v) is 15.2. The molecule has 0 saturated carbocycles. The maximum Gasteiger partial charge on any atom is 0.464 e. The van der Waals surface area contributed by atoms with Crippen molar-refractivity contribution >= 4 is 13.1 Å². The number of hydrogen-bond donors (Lipinski definition) is 0. The molecule has 1 aliphatic rings. The molecule has 1 fully saturated rings. The Morgan fingerprint density at radius 1 is 1.17 bits per heavy atom. The SMILES string of the molecule is C[C@H](/C=C/CC(=O)OCc1ccccc1)B1OC(C)(C)C(C)(C)O1. The zero-order valence-electron chi connectivity index (χ0n) is 15.2. The maximum absolute atomic E-state index is 11.8. The van der Waals surface area contributed by atoms with Crippen LogP contribution in [0.1, 0.15) is 46.6 Å². The van der Waals surface area contributed by atoms with Gasteiger partial charge in [0.15, 0.2) is 0 Å². The third-order valence-electron chi connectivity index (χ3n) is 4.67. The second kappa shape index (κ2) is 7.54. The van der Waals surface area contributed by atoms with E-state index in [1.165, 1.54) is 0 Å². The van der Waals surface area contributed by atoms with Gasteiger partial charge in [0.25, 0.3) is 0 Å². The van der Waals surface area contributed by atoms with Crippen LogP contribution in [0.3, 0.4) is 0 Å². The molecular formula is C19H27BO4. The monoisotopic (exact) mass is 330 g/mol. The van der Waals surface area contributed by atoms with Gasteiger partial charge >= 0.3 is 13.1 Å². The van der Waals surface area contributed by atoms with E-state index >= 15 is 0 Å². The third-order valence-corrected chi connectivity index (χ3v) is 4.67. The van der Waals surface area contributed by atoms with Crippen LogP contribution in [-0.2, 0) is 25.4 Å². The van der Waals surface area contributed by atoms with E-state index in [4.69, 9.17) is 14.0 Å². The Balaban J connectivity index is 1.76. The van der Waals surface area contributed by atoms with Gasteiger partial charge in [0.1, 0.15) is 6.61 Å². The minimum atomic E-state index is -0.339. The van der Waals surface area contributed by atoms with Crippen molar-refractivity contribution in [1.82, 2.24) is 0 Å². The highest BCUT2D eigenvalue weighted by atomic mass is 16.7. The summed E-state index contributed by atoms with van der Waals surface area (Å²) in [4.78, 5) is 11.8.